The summed E-state index contributed by atoms with van der Waals surface area (Å²) < 4.78 is 31.1. The molecule has 0 aromatic heterocycles. The van der Waals surface area contributed by atoms with Crippen molar-refractivity contribution in [2.45, 2.75) is 32.4 Å². The van der Waals surface area contributed by atoms with Gasteiger partial charge in [-0.3, -0.25) is 0 Å². The maximum absolute atomic E-state index is 13.2. The number of rotatable bonds is 5. The maximum atomic E-state index is 13.2. The molecule has 2 nitrogen and oxygen atoms in total. The Morgan fingerprint density at radius 2 is 2.06 bits per heavy atom. The van der Waals surface area contributed by atoms with Gasteiger partial charge in [-0.25, -0.2) is 8.78 Å². The number of halogens is 2. The van der Waals surface area contributed by atoms with Crippen LogP contribution in [0.3, 0.4) is 0 Å². The normalized spacial score (nSPS) is 14.8. The molecule has 0 radical (unpaired) electrons. The van der Waals surface area contributed by atoms with Crippen molar-refractivity contribution in [2.75, 3.05) is 6.61 Å². The molecule has 0 spiro atoms. The van der Waals surface area contributed by atoms with Crippen molar-refractivity contribution in [3.05, 3.63) is 35.4 Å². The standard InChI is InChI=1S/C12H17F2NO/c1-3-12(2,15)8-16-7-9-4-5-10(13)6-11(9)14/h4-6H,3,7-8,15H2,1-2H3. The quantitative estimate of drug-likeness (QED) is 0.842. The smallest absolute Gasteiger partial charge is 0.131 e. The van der Waals surface area contributed by atoms with Crippen LogP contribution in [0.4, 0.5) is 8.78 Å². The molecule has 1 rings (SSSR count). The SMILES string of the molecule is CCC(C)(N)COCc1ccc(F)cc1F. The zero-order valence-electron chi connectivity index (χ0n) is 9.59. The number of hydrogen-bond donors (Lipinski definition) is 1. The van der Waals surface area contributed by atoms with Crippen molar-refractivity contribution >= 4 is 0 Å². The summed E-state index contributed by atoms with van der Waals surface area (Å²) in [6.45, 7) is 4.29. The van der Waals surface area contributed by atoms with Gasteiger partial charge in [0.15, 0.2) is 0 Å². The van der Waals surface area contributed by atoms with Crippen LogP contribution < -0.4 is 5.73 Å². The summed E-state index contributed by atoms with van der Waals surface area (Å²) >= 11 is 0. The molecule has 1 aromatic carbocycles. The Morgan fingerprint density at radius 1 is 1.38 bits per heavy atom. The molecule has 1 unspecified atom stereocenters. The first-order chi connectivity index (χ1) is 7.44. The third-order valence-electron chi connectivity index (χ3n) is 2.51. The lowest BCUT2D eigenvalue weighted by Gasteiger charge is -2.22. The lowest BCUT2D eigenvalue weighted by atomic mass is 10.0. The van der Waals surface area contributed by atoms with Gasteiger partial charge >= 0.3 is 0 Å². The Labute approximate surface area is 94.4 Å². The molecule has 1 aromatic rings. The Hall–Kier alpha value is -1.00. The second kappa shape index (κ2) is 5.37. The molecule has 0 saturated carbocycles. The average Bonchev–Trinajstić information content (AvgIpc) is 2.21. The minimum atomic E-state index is -0.588. The fourth-order valence-electron chi connectivity index (χ4n) is 1.13. The first-order valence-corrected chi connectivity index (χ1v) is 5.25. The fourth-order valence-corrected chi connectivity index (χ4v) is 1.13. The van der Waals surface area contributed by atoms with E-state index >= 15 is 0 Å². The molecule has 0 saturated heterocycles. The predicted molar refractivity (Wildman–Crippen MR) is 58.9 cm³/mol. The van der Waals surface area contributed by atoms with E-state index in [1.165, 1.54) is 12.1 Å². The number of benzene rings is 1. The van der Waals surface area contributed by atoms with Crippen LogP contribution in [0.1, 0.15) is 25.8 Å². The topological polar surface area (TPSA) is 35.2 Å². The number of nitrogens with two attached hydrogens (primary N) is 1. The van der Waals surface area contributed by atoms with Gasteiger partial charge in [0.2, 0.25) is 0 Å². The summed E-state index contributed by atoms with van der Waals surface area (Å²) in [4.78, 5) is 0. The highest BCUT2D eigenvalue weighted by Crippen LogP contribution is 2.12. The van der Waals surface area contributed by atoms with E-state index in [1.807, 2.05) is 13.8 Å². The molecule has 16 heavy (non-hydrogen) atoms. The highest BCUT2D eigenvalue weighted by molar-refractivity contribution is 5.17. The summed E-state index contributed by atoms with van der Waals surface area (Å²) in [6.07, 6.45) is 0.777. The summed E-state index contributed by atoms with van der Waals surface area (Å²) in [5.41, 5.74) is 5.80. The van der Waals surface area contributed by atoms with Crippen molar-refractivity contribution in [2.24, 2.45) is 5.73 Å². The molecule has 0 aliphatic rings. The molecular formula is C12H17F2NO. The van der Waals surface area contributed by atoms with Crippen molar-refractivity contribution in [3.8, 4) is 0 Å². The van der Waals surface area contributed by atoms with Crippen molar-refractivity contribution in [1.29, 1.82) is 0 Å². The van der Waals surface area contributed by atoms with Gasteiger partial charge in [-0.2, -0.15) is 0 Å². The summed E-state index contributed by atoms with van der Waals surface area (Å²) in [5.74, 6) is -1.17. The molecule has 4 heteroatoms. The van der Waals surface area contributed by atoms with Crippen LogP contribution in [0, 0.1) is 11.6 Å². The molecule has 90 valence electrons. The van der Waals surface area contributed by atoms with E-state index in [2.05, 4.69) is 0 Å². The van der Waals surface area contributed by atoms with Crippen LogP contribution in [0.5, 0.6) is 0 Å². The third kappa shape index (κ3) is 3.87. The Kier molecular flexibility index (Phi) is 4.38. The highest BCUT2D eigenvalue weighted by Gasteiger charge is 2.15. The van der Waals surface area contributed by atoms with Crippen LogP contribution in [0.2, 0.25) is 0 Å². The zero-order valence-corrected chi connectivity index (χ0v) is 9.59. The van der Waals surface area contributed by atoms with E-state index in [1.54, 1.807) is 0 Å². The molecule has 0 fully saturated rings. The Balaban J connectivity index is 2.49. The minimum Gasteiger partial charge on any atom is -0.375 e. The van der Waals surface area contributed by atoms with Gasteiger partial charge in [-0.1, -0.05) is 13.0 Å². The fraction of sp³-hybridized carbons (Fsp3) is 0.500. The summed E-state index contributed by atoms with van der Waals surface area (Å²) in [6, 6.07) is 3.44. The van der Waals surface area contributed by atoms with Gasteiger partial charge < -0.3 is 10.5 Å². The van der Waals surface area contributed by atoms with Crippen LogP contribution in [0.15, 0.2) is 18.2 Å². The number of ether oxygens (including phenoxy) is 1. The molecular weight excluding hydrogens is 212 g/mol. The maximum Gasteiger partial charge on any atom is 0.131 e. The van der Waals surface area contributed by atoms with Gasteiger partial charge in [-0.05, 0) is 19.4 Å². The first kappa shape index (κ1) is 13.1. The zero-order chi connectivity index (χ0) is 12.2. The average molecular weight is 229 g/mol. The molecule has 0 amide bonds. The van der Waals surface area contributed by atoms with E-state index in [-0.39, 0.29) is 6.61 Å². The van der Waals surface area contributed by atoms with Gasteiger partial charge in [0.05, 0.1) is 13.2 Å². The molecule has 0 aliphatic carbocycles. The van der Waals surface area contributed by atoms with Gasteiger partial charge in [-0.15, -0.1) is 0 Å². The van der Waals surface area contributed by atoms with Crippen LogP contribution in [0.25, 0.3) is 0 Å². The molecule has 1 atom stereocenters. The van der Waals surface area contributed by atoms with Crippen LogP contribution in [-0.4, -0.2) is 12.1 Å². The van der Waals surface area contributed by atoms with E-state index in [9.17, 15) is 8.78 Å². The summed E-state index contributed by atoms with van der Waals surface area (Å²) in [5, 5.41) is 0. The van der Waals surface area contributed by atoms with E-state index in [0.29, 0.717) is 12.2 Å². The van der Waals surface area contributed by atoms with Gasteiger partial charge in [0.25, 0.3) is 0 Å². The molecule has 2 N–H and O–H groups in total. The van der Waals surface area contributed by atoms with Gasteiger partial charge in [0.1, 0.15) is 11.6 Å². The lowest BCUT2D eigenvalue weighted by molar-refractivity contribution is 0.0759. The van der Waals surface area contributed by atoms with Crippen molar-refractivity contribution in [1.82, 2.24) is 0 Å². The second-order valence-corrected chi connectivity index (χ2v) is 4.24. The van der Waals surface area contributed by atoms with Gasteiger partial charge in [0, 0.05) is 17.2 Å². The lowest BCUT2D eigenvalue weighted by Crippen LogP contribution is -2.40. The summed E-state index contributed by atoms with van der Waals surface area (Å²) in [7, 11) is 0. The van der Waals surface area contributed by atoms with E-state index < -0.39 is 17.2 Å². The molecule has 0 bridgehead atoms. The second-order valence-electron chi connectivity index (χ2n) is 4.24. The third-order valence-corrected chi connectivity index (χ3v) is 2.51. The van der Waals surface area contributed by atoms with Crippen molar-refractivity contribution < 1.29 is 13.5 Å². The van der Waals surface area contributed by atoms with Crippen LogP contribution >= 0.6 is 0 Å². The highest BCUT2D eigenvalue weighted by atomic mass is 19.1. The monoisotopic (exact) mass is 229 g/mol. The Morgan fingerprint density at radius 3 is 2.62 bits per heavy atom. The Bertz CT molecular complexity index is 353. The van der Waals surface area contributed by atoms with Crippen molar-refractivity contribution in [3.63, 3.8) is 0 Å². The van der Waals surface area contributed by atoms with E-state index in [0.717, 1.165) is 12.5 Å². The minimum absolute atomic E-state index is 0.110. The largest absolute Gasteiger partial charge is 0.375 e. The molecule has 0 aliphatic heterocycles. The predicted octanol–water partition coefficient (Wildman–Crippen LogP) is 2.61. The van der Waals surface area contributed by atoms with Crippen LogP contribution in [-0.2, 0) is 11.3 Å². The van der Waals surface area contributed by atoms with E-state index in [4.69, 9.17) is 10.5 Å². The first-order valence-electron chi connectivity index (χ1n) is 5.25. The number of hydrogen-bond acceptors (Lipinski definition) is 2. The molecule has 0 heterocycles.